The van der Waals surface area contributed by atoms with Crippen LogP contribution in [0.1, 0.15) is 42.0 Å². The minimum atomic E-state index is -4.95. The fourth-order valence-corrected chi connectivity index (χ4v) is 6.70. The van der Waals surface area contributed by atoms with Gasteiger partial charge in [-0.1, -0.05) is 12.1 Å². The maximum Gasteiger partial charge on any atom is 0.417 e. The van der Waals surface area contributed by atoms with E-state index < -0.39 is 68.4 Å². The van der Waals surface area contributed by atoms with E-state index in [1.807, 2.05) is 0 Å². The highest BCUT2D eigenvalue weighted by atomic mass is 32.2. The van der Waals surface area contributed by atoms with Gasteiger partial charge in [-0.2, -0.15) is 31.4 Å². The molecule has 1 aliphatic carbocycles. The van der Waals surface area contributed by atoms with Gasteiger partial charge in [-0.25, -0.2) is 17.9 Å². The largest absolute Gasteiger partial charge is 0.480 e. The van der Waals surface area contributed by atoms with E-state index in [0.717, 1.165) is 55.3 Å². The van der Waals surface area contributed by atoms with Crippen LogP contribution in [-0.2, 0) is 27.0 Å². The average Bonchev–Trinajstić information content (AvgIpc) is 3.45. The van der Waals surface area contributed by atoms with Crippen LogP contribution in [0.4, 0.5) is 32.2 Å². The zero-order valence-corrected chi connectivity index (χ0v) is 20.8. The van der Waals surface area contributed by atoms with Gasteiger partial charge < -0.3 is 10.0 Å². The zero-order chi connectivity index (χ0) is 28.3. The van der Waals surface area contributed by atoms with Crippen molar-refractivity contribution in [2.24, 2.45) is 0 Å². The van der Waals surface area contributed by atoms with Gasteiger partial charge in [0, 0.05) is 18.5 Å². The number of sulfone groups is 1. The van der Waals surface area contributed by atoms with Crippen LogP contribution in [0.25, 0.3) is 5.69 Å². The molecule has 2 aliphatic rings. The van der Waals surface area contributed by atoms with Crippen molar-refractivity contribution in [3.05, 3.63) is 71.4 Å². The molecule has 2 fully saturated rings. The van der Waals surface area contributed by atoms with Crippen molar-refractivity contribution >= 4 is 21.6 Å². The number of hydrogen-bond donors (Lipinski definition) is 1. The van der Waals surface area contributed by atoms with E-state index >= 15 is 0 Å². The number of alkyl halides is 6. The molecule has 0 bridgehead atoms. The van der Waals surface area contributed by atoms with Crippen LogP contribution >= 0.6 is 0 Å². The Morgan fingerprint density at radius 1 is 0.949 bits per heavy atom. The van der Waals surface area contributed by atoms with Gasteiger partial charge >= 0.3 is 18.3 Å². The van der Waals surface area contributed by atoms with E-state index in [0.29, 0.717) is 11.8 Å². The maximum absolute atomic E-state index is 13.6. The van der Waals surface area contributed by atoms with Gasteiger partial charge in [0.1, 0.15) is 11.9 Å². The van der Waals surface area contributed by atoms with Gasteiger partial charge in [-0.05, 0) is 55.7 Å². The first-order valence-electron chi connectivity index (χ1n) is 11.8. The van der Waals surface area contributed by atoms with E-state index in [1.165, 1.54) is 9.58 Å². The summed E-state index contributed by atoms with van der Waals surface area (Å²) in [6, 6.07) is 7.85. The van der Waals surface area contributed by atoms with Crippen molar-refractivity contribution in [3.8, 4) is 5.69 Å². The highest BCUT2D eigenvalue weighted by Crippen LogP contribution is 2.43. The number of aromatic nitrogens is 2. The molecule has 1 aromatic heterocycles. The second-order valence-electron chi connectivity index (χ2n) is 9.56. The standard InChI is InChI=1S/C25H21F6N3O4S/c26-24(27,28)15-7-9-16(10-8-15)34-22(12-19(32-34)14-5-6-14)33-13-17(11-20(33)23(35)36)39(37,38)21-4-2-1-3-18(21)25(29,30)31/h1-4,7-10,12,14,17,20H,5-6,11,13H2,(H,35,36)/t17-,20+/m1/s1. The Balaban J connectivity index is 1.56. The van der Waals surface area contributed by atoms with Gasteiger partial charge in [0.05, 0.1) is 32.7 Å². The van der Waals surface area contributed by atoms with Gasteiger partial charge in [0.25, 0.3) is 0 Å². The fourth-order valence-electron chi connectivity index (χ4n) is 4.79. The molecule has 0 radical (unpaired) electrons. The number of rotatable bonds is 6. The summed E-state index contributed by atoms with van der Waals surface area (Å²) < 4.78 is 108. The Labute approximate surface area is 218 Å². The average molecular weight is 574 g/mol. The van der Waals surface area contributed by atoms with Crippen LogP contribution < -0.4 is 4.90 Å². The number of halogens is 6. The Bertz CT molecular complexity index is 1510. The Morgan fingerprint density at radius 3 is 2.15 bits per heavy atom. The first-order valence-corrected chi connectivity index (χ1v) is 13.4. The predicted molar refractivity (Wildman–Crippen MR) is 126 cm³/mol. The number of carboxylic acids is 1. The molecule has 3 aromatic rings. The van der Waals surface area contributed by atoms with E-state index in [-0.39, 0.29) is 17.4 Å². The van der Waals surface area contributed by atoms with Crippen LogP contribution in [-0.4, -0.2) is 47.1 Å². The molecule has 2 heterocycles. The summed E-state index contributed by atoms with van der Waals surface area (Å²) in [6.07, 6.45) is -8.42. The van der Waals surface area contributed by atoms with Gasteiger partial charge in [-0.15, -0.1) is 0 Å². The molecule has 0 unspecified atom stereocenters. The number of benzene rings is 2. The molecule has 14 heteroatoms. The predicted octanol–water partition coefficient (Wildman–Crippen LogP) is 5.29. The third kappa shape index (κ3) is 5.09. The van der Waals surface area contributed by atoms with Gasteiger partial charge in [0.15, 0.2) is 9.84 Å². The summed E-state index contributed by atoms with van der Waals surface area (Å²) in [5, 5.41) is 12.9. The molecule has 0 amide bonds. The molecule has 208 valence electrons. The van der Waals surface area contributed by atoms with Crippen LogP contribution in [0.15, 0.2) is 59.5 Å². The first-order chi connectivity index (χ1) is 18.2. The smallest absolute Gasteiger partial charge is 0.417 e. The molecule has 5 rings (SSSR count). The molecule has 1 N–H and O–H groups in total. The van der Waals surface area contributed by atoms with E-state index in [2.05, 4.69) is 5.10 Å². The van der Waals surface area contributed by atoms with Crippen molar-refractivity contribution in [3.63, 3.8) is 0 Å². The Hall–Kier alpha value is -3.55. The van der Waals surface area contributed by atoms with Gasteiger partial charge in [0.2, 0.25) is 0 Å². The monoisotopic (exact) mass is 573 g/mol. The number of carboxylic acid groups (broad SMARTS) is 1. The number of aliphatic carboxylic acids is 1. The Kier molecular flexibility index (Phi) is 6.43. The number of nitrogens with zero attached hydrogens (tertiary/aromatic N) is 3. The quantitative estimate of drug-likeness (QED) is 0.403. The van der Waals surface area contributed by atoms with Crippen molar-refractivity contribution in [2.75, 3.05) is 11.4 Å². The van der Waals surface area contributed by atoms with Gasteiger partial charge in [-0.3, -0.25) is 0 Å². The molecular formula is C25H21F6N3O4S. The van der Waals surface area contributed by atoms with Crippen LogP contribution in [0.2, 0.25) is 0 Å². The summed E-state index contributed by atoms with van der Waals surface area (Å²) >= 11 is 0. The normalized spacial score (nSPS) is 20.4. The van der Waals surface area contributed by atoms with Crippen LogP contribution in [0.3, 0.4) is 0 Å². The lowest BCUT2D eigenvalue weighted by atomic mass is 10.2. The molecule has 39 heavy (non-hydrogen) atoms. The lowest BCUT2D eigenvalue weighted by Crippen LogP contribution is -2.37. The molecule has 1 saturated heterocycles. The molecular weight excluding hydrogens is 552 g/mol. The minimum absolute atomic E-state index is 0.0588. The van der Waals surface area contributed by atoms with Crippen molar-refractivity contribution in [2.45, 2.75) is 53.7 Å². The Morgan fingerprint density at radius 2 is 1.59 bits per heavy atom. The highest BCUT2D eigenvalue weighted by Gasteiger charge is 2.47. The van der Waals surface area contributed by atoms with E-state index in [1.54, 1.807) is 6.07 Å². The van der Waals surface area contributed by atoms with E-state index in [4.69, 9.17) is 0 Å². The second kappa shape index (κ2) is 9.28. The maximum atomic E-state index is 13.6. The molecule has 0 spiro atoms. The summed E-state index contributed by atoms with van der Waals surface area (Å²) in [5.74, 6) is -1.21. The third-order valence-electron chi connectivity index (χ3n) is 6.92. The van der Waals surface area contributed by atoms with E-state index in [9.17, 15) is 44.7 Å². The summed E-state index contributed by atoms with van der Waals surface area (Å²) in [7, 11) is -4.64. The summed E-state index contributed by atoms with van der Waals surface area (Å²) in [5.41, 5.74) is -1.51. The van der Waals surface area contributed by atoms with Crippen LogP contribution in [0.5, 0.6) is 0 Å². The highest BCUT2D eigenvalue weighted by molar-refractivity contribution is 7.92. The SMILES string of the molecule is O=C(O)[C@@H]1C[C@@H](S(=O)(=O)c2ccccc2C(F)(F)F)CN1c1cc(C2CC2)nn1-c1ccc(C(F)(F)F)cc1. The number of carbonyl (C=O) groups is 1. The van der Waals surface area contributed by atoms with Crippen molar-refractivity contribution < 1.29 is 44.7 Å². The summed E-state index contributed by atoms with van der Waals surface area (Å²) in [4.78, 5) is 12.5. The molecule has 2 aromatic carbocycles. The molecule has 1 saturated carbocycles. The third-order valence-corrected chi connectivity index (χ3v) is 9.11. The van der Waals surface area contributed by atoms with Crippen molar-refractivity contribution in [1.82, 2.24) is 9.78 Å². The zero-order valence-electron chi connectivity index (χ0n) is 19.9. The molecule has 7 nitrogen and oxygen atoms in total. The summed E-state index contributed by atoms with van der Waals surface area (Å²) in [6.45, 7) is -0.456. The molecule has 1 aliphatic heterocycles. The number of hydrogen-bond acceptors (Lipinski definition) is 5. The topological polar surface area (TPSA) is 92.5 Å². The number of anilines is 1. The van der Waals surface area contributed by atoms with Crippen molar-refractivity contribution in [1.29, 1.82) is 0 Å². The first kappa shape index (κ1) is 27.0. The minimum Gasteiger partial charge on any atom is -0.480 e. The lowest BCUT2D eigenvalue weighted by molar-refractivity contribution is -0.140. The fraction of sp³-hybridized carbons (Fsp3) is 0.360. The van der Waals surface area contributed by atoms with Crippen LogP contribution in [0, 0.1) is 0 Å². The lowest BCUT2D eigenvalue weighted by Gasteiger charge is -2.24. The molecule has 2 atom stereocenters. The second-order valence-corrected chi connectivity index (χ2v) is 11.8.